The number of rotatable bonds is 6. The Kier molecular flexibility index (Phi) is 5.81. The van der Waals surface area contributed by atoms with E-state index in [4.69, 9.17) is 11.6 Å². The van der Waals surface area contributed by atoms with Crippen molar-refractivity contribution in [2.75, 3.05) is 11.5 Å². The third-order valence-corrected chi connectivity index (χ3v) is 5.93. The van der Waals surface area contributed by atoms with Crippen molar-refractivity contribution in [3.8, 4) is 5.69 Å². The first-order chi connectivity index (χ1) is 11.6. The molecule has 3 aromatic rings. The Bertz CT molecular complexity index is 797. The molecule has 3 rings (SSSR count). The zero-order valence-corrected chi connectivity index (χ0v) is 15.8. The largest absolute Gasteiger partial charge is 0.214 e. The summed E-state index contributed by atoms with van der Waals surface area (Å²) in [7, 11) is 0. The molecule has 0 atom stereocenters. The Morgan fingerprint density at radius 3 is 2.33 bits per heavy atom. The molecule has 0 aliphatic rings. The number of halogens is 1. The average Bonchev–Trinajstić information content (AvgIpc) is 3.01. The summed E-state index contributed by atoms with van der Waals surface area (Å²) in [5.74, 6) is 1.91. The molecular weight excluding hydrogens is 360 g/mol. The molecule has 124 valence electrons. The normalized spacial score (nSPS) is 11.0. The Labute approximate surface area is 155 Å². The Balaban J connectivity index is 1.63. The van der Waals surface area contributed by atoms with Gasteiger partial charge in [0.2, 0.25) is 5.16 Å². The Hall–Kier alpha value is -1.50. The number of tetrazole rings is 1. The van der Waals surface area contributed by atoms with Crippen LogP contribution in [0.2, 0.25) is 5.02 Å². The second-order valence-electron chi connectivity index (χ2n) is 5.26. The molecule has 0 bridgehead atoms. The molecule has 0 aliphatic heterocycles. The predicted molar refractivity (Wildman–Crippen MR) is 102 cm³/mol. The highest BCUT2D eigenvalue weighted by molar-refractivity contribution is 8.02. The van der Waals surface area contributed by atoms with Gasteiger partial charge in [0.1, 0.15) is 0 Å². The second-order valence-corrected chi connectivity index (χ2v) is 7.93. The van der Waals surface area contributed by atoms with Crippen LogP contribution in [0.15, 0.2) is 52.5 Å². The molecule has 4 nitrogen and oxygen atoms in total. The first-order valence-corrected chi connectivity index (χ1v) is 9.86. The van der Waals surface area contributed by atoms with Crippen molar-refractivity contribution in [3.63, 3.8) is 0 Å². The highest BCUT2D eigenvalue weighted by Gasteiger charge is 2.13. The molecule has 7 heteroatoms. The highest BCUT2D eigenvalue weighted by atomic mass is 35.5. The lowest BCUT2D eigenvalue weighted by Crippen LogP contribution is -2.04. The van der Waals surface area contributed by atoms with Crippen LogP contribution in [0.1, 0.15) is 11.1 Å². The smallest absolute Gasteiger partial charge is 0.187 e. The Morgan fingerprint density at radius 2 is 1.62 bits per heavy atom. The van der Waals surface area contributed by atoms with Crippen LogP contribution in [-0.2, 0) is 0 Å². The molecule has 0 fully saturated rings. The maximum atomic E-state index is 5.90. The van der Waals surface area contributed by atoms with E-state index >= 15 is 0 Å². The zero-order valence-electron chi connectivity index (χ0n) is 13.4. The fourth-order valence-corrected chi connectivity index (χ4v) is 4.26. The van der Waals surface area contributed by atoms with Gasteiger partial charge < -0.3 is 0 Å². The van der Waals surface area contributed by atoms with Gasteiger partial charge >= 0.3 is 0 Å². The molecule has 0 N–H and O–H groups in total. The van der Waals surface area contributed by atoms with Crippen molar-refractivity contribution in [2.24, 2.45) is 0 Å². The van der Waals surface area contributed by atoms with Gasteiger partial charge in [0.25, 0.3) is 0 Å². The molecule has 2 aromatic carbocycles. The van der Waals surface area contributed by atoms with E-state index in [0.29, 0.717) is 0 Å². The van der Waals surface area contributed by atoms with E-state index in [-0.39, 0.29) is 0 Å². The Morgan fingerprint density at radius 1 is 0.958 bits per heavy atom. The standard InChI is InChI=1S/C17H17ClN4S2/c1-12-4-3-5-13(2)16(12)22-17(19-20-21-22)24-11-10-23-15-8-6-14(18)7-9-15/h3-9H,10-11H2,1-2H3. The SMILES string of the molecule is Cc1cccc(C)c1-n1nnnc1SCCSc1ccc(Cl)cc1. The lowest BCUT2D eigenvalue weighted by atomic mass is 10.1. The van der Waals surface area contributed by atoms with Crippen LogP contribution in [0.25, 0.3) is 5.69 Å². The monoisotopic (exact) mass is 376 g/mol. The lowest BCUT2D eigenvalue weighted by Gasteiger charge is -2.10. The number of aromatic nitrogens is 4. The van der Waals surface area contributed by atoms with E-state index in [1.54, 1.807) is 23.5 Å². The van der Waals surface area contributed by atoms with E-state index in [0.717, 1.165) is 27.4 Å². The maximum absolute atomic E-state index is 5.90. The van der Waals surface area contributed by atoms with Gasteiger partial charge in [-0.3, -0.25) is 0 Å². The first kappa shape index (κ1) is 17.3. The fourth-order valence-electron chi connectivity index (χ4n) is 2.37. The molecule has 0 radical (unpaired) electrons. The van der Waals surface area contributed by atoms with E-state index in [1.165, 1.54) is 16.0 Å². The summed E-state index contributed by atoms with van der Waals surface area (Å²) in [5.41, 5.74) is 3.40. The summed E-state index contributed by atoms with van der Waals surface area (Å²) < 4.78 is 1.84. The minimum Gasteiger partial charge on any atom is -0.187 e. The third-order valence-electron chi connectivity index (χ3n) is 3.49. The number of aryl methyl sites for hydroxylation is 2. The van der Waals surface area contributed by atoms with Gasteiger partial charge in [0, 0.05) is 21.4 Å². The van der Waals surface area contributed by atoms with Crippen LogP contribution in [0.4, 0.5) is 0 Å². The molecule has 0 aliphatic carbocycles. The van der Waals surface area contributed by atoms with Gasteiger partial charge in [-0.1, -0.05) is 41.6 Å². The minimum atomic E-state index is 0.765. The molecule has 0 saturated carbocycles. The van der Waals surface area contributed by atoms with Crippen molar-refractivity contribution in [1.82, 2.24) is 20.2 Å². The molecule has 24 heavy (non-hydrogen) atoms. The van der Waals surface area contributed by atoms with Crippen molar-refractivity contribution < 1.29 is 0 Å². The van der Waals surface area contributed by atoms with Gasteiger partial charge in [-0.15, -0.1) is 16.9 Å². The van der Waals surface area contributed by atoms with Gasteiger partial charge in [-0.25, -0.2) is 0 Å². The summed E-state index contributed by atoms with van der Waals surface area (Å²) in [6.45, 7) is 4.16. The van der Waals surface area contributed by atoms with E-state index in [1.807, 2.05) is 35.0 Å². The quantitative estimate of drug-likeness (QED) is 0.456. The average molecular weight is 377 g/mol. The van der Waals surface area contributed by atoms with E-state index in [2.05, 4.69) is 41.5 Å². The van der Waals surface area contributed by atoms with Crippen LogP contribution in [-0.4, -0.2) is 31.7 Å². The summed E-state index contributed by atoms with van der Waals surface area (Å²) in [6, 6.07) is 14.1. The van der Waals surface area contributed by atoms with Crippen LogP contribution in [0, 0.1) is 13.8 Å². The number of para-hydroxylation sites is 1. The lowest BCUT2D eigenvalue weighted by molar-refractivity contribution is 0.747. The van der Waals surface area contributed by atoms with Crippen molar-refractivity contribution in [1.29, 1.82) is 0 Å². The van der Waals surface area contributed by atoms with Gasteiger partial charge in [-0.05, 0) is 59.7 Å². The number of hydrogen-bond donors (Lipinski definition) is 0. The molecule has 0 unspecified atom stereocenters. The molecule has 0 spiro atoms. The molecule has 1 heterocycles. The van der Waals surface area contributed by atoms with Crippen LogP contribution in [0.3, 0.4) is 0 Å². The maximum Gasteiger partial charge on any atom is 0.214 e. The van der Waals surface area contributed by atoms with Crippen LogP contribution in [0.5, 0.6) is 0 Å². The minimum absolute atomic E-state index is 0.765. The van der Waals surface area contributed by atoms with Crippen molar-refractivity contribution >= 4 is 35.1 Å². The fraction of sp³-hybridized carbons (Fsp3) is 0.235. The summed E-state index contributed by atoms with van der Waals surface area (Å²) in [4.78, 5) is 1.22. The summed E-state index contributed by atoms with van der Waals surface area (Å²) in [5, 5.41) is 13.8. The summed E-state index contributed by atoms with van der Waals surface area (Å²) >= 11 is 9.37. The van der Waals surface area contributed by atoms with E-state index < -0.39 is 0 Å². The number of thioether (sulfide) groups is 2. The predicted octanol–water partition coefficient (Wildman–Crippen LogP) is 4.82. The molecule has 1 aromatic heterocycles. The van der Waals surface area contributed by atoms with Crippen molar-refractivity contribution in [2.45, 2.75) is 23.9 Å². The first-order valence-electron chi connectivity index (χ1n) is 7.51. The zero-order chi connectivity index (χ0) is 16.9. The van der Waals surface area contributed by atoms with Gasteiger partial charge in [-0.2, -0.15) is 4.68 Å². The molecular formula is C17H17ClN4S2. The van der Waals surface area contributed by atoms with Gasteiger partial charge in [0.05, 0.1) is 5.69 Å². The summed E-state index contributed by atoms with van der Waals surface area (Å²) in [6.07, 6.45) is 0. The highest BCUT2D eigenvalue weighted by Crippen LogP contribution is 2.26. The molecule has 0 amide bonds. The van der Waals surface area contributed by atoms with Gasteiger partial charge in [0.15, 0.2) is 0 Å². The number of benzene rings is 2. The van der Waals surface area contributed by atoms with E-state index in [9.17, 15) is 0 Å². The number of nitrogens with zero attached hydrogens (tertiary/aromatic N) is 4. The topological polar surface area (TPSA) is 43.6 Å². The number of hydrogen-bond acceptors (Lipinski definition) is 5. The van der Waals surface area contributed by atoms with Crippen LogP contribution >= 0.6 is 35.1 Å². The second kappa shape index (κ2) is 8.05. The molecule has 0 saturated heterocycles. The third kappa shape index (κ3) is 4.12. The van der Waals surface area contributed by atoms with Crippen molar-refractivity contribution in [3.05, 3.63) is 58.6 Å². The van der Waals surface area contributed by atoms with Crippen LogP contribution < -0.4 is 0 Å².